The number of hydrogen-bond acceptors (Lipinski definition) is 4. The van der Waals surface area contributed by atoms with Gasteiger partial charge in [0, 0.05) is 10.0 Å². The van der Waals surface area contributed by atoms with Crippen molar-refractivity contribution in [3.8, 4) is 6.07 Å². The first-order chi connectivity index (χ1) is 11.9. The Hall–Kier alpha value is -2.76. The minimum absolute atomic E-state index is 0.0143. The van der Waals surface area contributed by atoms with Crippen molar-refractivity contribution in [1.29, 1.82) is 5.26 Å². The number of halogens is 2. The highest BCUT2D eigenvalue weighted by Gasteiger charge is 2.41. The number of rotatable bonds is 2. The highest BCUT2D eigenvalue weighted by atomic mass is 79.9. The molecule has 1 fully saturated rings. The third kappa shape index (κ3) is 3.12. The van der Waals surface area contributed by atoms with Gasteiger partial charge in [-0.1, -0.05) is 28.1 Å². The van der Waals surface area contributed by atoms with Gasteiger partial charge in [0.25, 0.3) is 11.8 Å². The van der Waals surface area contributed by atoms with Gasteiger partial charge >= 0.3 is 0 Å². The lowest BCUT2D eigenvalue weighted by atomic mass is 10.1. The van der Waals surface area contributed by atoms with E-state index in [1.165, 1.54) is 12.1 Å². The monoisotopic (exact) mass is 403 g/mol. The highest BCUT2D eigenvalue weighted by molar-refractivity contribution is 9.10. The second kappa shape index (κ2) is 6.63. The molecule has 1 unspecified atom stereocenters. The number of carbonyl (C=O) groups is 2. The van der Waals surface area contributed by atoms with Gasteiger partial charge in [0.1, 0.15) is 18.4 Å². The summed E-state index contributed by atoms with van der Waals surface area (Å²) in [4.78, 5) is 25.8. The van der Waals surface area contributed by atoms with Crippen LogP contribution in [0.3, 0.4) is 0 Å². The van der Waals surface area contributed by atoms with E-state index in [-0.39, 0.29) is 17.7 Å². The number of nitriles is 1. The van der Waals surface area contributed by atoms with Crippen molar-refractivity contribution in [2.24, 2.45) is 0 Å². The Morgan fingerprint density at radius 1 is 1.32 bits per heavy atom. The van der Waals surface area contributed by atoms with E-state index >= 15 is 0 Å². The summed E-state index contributed by atoms with van der Waals surface area (Å²) in [5, 5.41) is 19.3. The zero-order chi connectivity index (χ0) is 18.1. The standard InChI is InChI=1S/C17H11BrFN3O3/c18-13-3-1-2-10(6-13)16-21(9-15(23)22(16)25)17(24)11-4-5-12(8-20)14(19)7-11/h1-7,16,25H,9H2. The number of hydroxylamine groups is 2. The molecule has 1 aliphatic rings. The van der Waals surface area contributed by atoms with E-state index < -0.39 is 23.8 Å². The van der Waals surface area contributed by atoms with Crippen LogP contribution in [-0.4, -0.2) is 33.5 Å². The van der Waals surface area contributed by atoms with Crippen LogP contribution in [0.5, 0.6) is 0 Å². The molecule has 0 aromatic heterocycles. The average molecular weight is 404 g/mol. The van der Waals surface area contributed by atoms with Crippen LogP contribution in [0.1, 0.15) is 27.7 Å². The summed E-state index contributed by atoms with van der Waals surface area (Å²) in [6.07, 6.45) is -1.02. The van der Waals surface area contributed by atoms with Crippen LogP contribution in [0.2, 0.25) is 0 Å². The molecule has 2 aromatic rings. The highest BCUT2D eigenvalue weighted by Crippen LogP contribution is 2.32. The Labute approximate surface area is 150 Å². The predicted molar refractivity (Wildman–Crippen MR) is 87.7 cm³/mol. The van der Waals surface area contributed by atoms with E-state index in [0.29, 0.717) is 10.6 Å². The molecule has 0 bridgehead atoms. The van der Waals surface area contributed by atoms with Crippen LogP contribution in [-0.2, 0) is 4.79 Å². The summed E-state index contributed by atoms with van der Waals surface area (Å²) in [7, 11) is 0. The minimum atomic E-state index is -1.02. The van der Waals surface area contributed by atoms with Crippen LogP contribution in [0.4, 0.5) is 4.39 Å². The molecule has 0 saturated carbocycles. The number of hydrogen-bond donors (Lipinski definition) is 1. The first-order valence-electron chi connectivity index (χ1n) is 7.19. The molecule has 2 amide bonds. The molecule has 1 heterocycles. The first-order valence-corrected chi connectivity index (χ1v) is 7.98. The maximum Gasteiger partial charge on any atom is 0.267 e. The maximum atomic E-state index is 13.8. The van der Waals surface area contributed by atoms with Crippen molar-refractivity contribution < 1.29 is 19.2 Å². The molecule has 25 heavy (non-hydrogen) atoms. The number of nitrogens with zero attached hydrogens (tertiary/aromatic N) is 3. The molecular weight excluding hydrogens is 393 g/mol. The molecule has 6 nitrogen and oxygen atoms in total. The van der Waals surface area contributed by atoms with E-state index in [9.17, 15) is 19.2 Å². The molecule has 126 valence electrons. The van der Waals surface area contributed by atoms with Gasteiger partial charge in [0.15, 0.2) is 6.17 Å². The van der Waals surface area contributed by atoms with E-state index in [4.69, 9.17) is 5.26 Å². The van der Waals surface area contributed by atoms with Crippen molar-refractivity contribution in [3.05, 3.63) is 69.4 Å². The van der Waals surface area contributed by atoms with E-state index in [2.05, 4.69) is 15.9 Å². The van der Waals surface area contributed by atoms with Crippen LogP contribution in [0, 0.1) is 17.1 Å². The molecular formula is C17H11BrFN3O3. The smallest absolute Gasteiger partial charge is 0.267 e. The van der Waals surface area contributed by atoms with Gasteiger partial charge in [-0.25, -0.2) is 4.39 Å². The van der Waals surface area contributed by atoms with Crippen molar-refractivity contribution >= 4 is 27.7 Å². The summed E-state index contributed by atoms with van der Waals surface area (Å²) in [6.45, 7) is -0.339. The van der Waals surface area contributed by atoms with Gasteiger partial charge < -0.3 is 4.90 Å². The summed E-state index contributed by atoms with van der Waals surface area (Å²) in [5.74, 6) is -2.09. The van der Waals surface area contributed by atoms with E-state index in [1.54, 1.807) is 30.3 Å². The molecule has 1 atom stereocenters. The zero-order valence-corrected chi connectivity index (χ0v) is 14.3. The number of amides is 2. The van der Waals surface area contributed by atoms with Crippen LogP contribution >= 0.6 is 15.9 Å². The van der Waals surface area contributed by atoms with Gasteiger partial charge in [-0.05, 0) is 35.9 Å². The van der Waals surface area contributed by atoms with Gasteiger partial charge in [-0.3, -0.25) is 14.8 Å². The summed E-state index contributed by atoms with van der Waals surface area (Å²) in [5.41, 5.74) is 0.325. The minimum Gasteiger partial charge on any atom is -0.302 e. The topological polar surface area (TPSA) is 84.6 Å². The van der Waals surface area contributed by atoms with E-state index in [1.807, 2.05) is 0 Å². The van der Waals surface area contributed by atoms with Crippen molar-refractivity contribution in [3.63, 3.8) is 0 Å². The third-order valence-electron chi connectivity index (χ3n) is 3.83. The van der Waals surface area contributed by atoms with Gasteiger partial charge in [-0.2, -0.15) is 10.3 Å². The second-order valence-electron chi connectivity index (χ2n) is 5.41. The lowest BCUT2D eigenvalue weighted by Gasteiger charge is -2.26. The van der Waals surface area contributed by atoms with Crippen LogP contribution in [0.25, 0.3) is 0 Å². The second-order valence-corrected chi connectivity index (χ2v) is 6.32. The number of benzene rings is 2. The fourth-order valence-electron chi connectivity index (χ4n) is 2.65. The lowest BCUT2D eigenvalue weighted by molar-refractivity contribution is -0.168. The summed E-state index contributed by atoms with van der Waals surface area (Å²) in [6, 6.07) is 12.0. The first kappa shape index (κ1) is 17.1. The molecule has 0 aliphatic carbocycles. The molecule has 1 saturated heterocycles. The maximum absolute atomic E-state index is 13.8. The Kier molecular flexibility index (Phi) is 4.53. The van der Waals surface area contributed by atoms with Crippen LogP contribution in [0.15, 0.2) is 46.9 Å². The normalized spacial score (nSPS) is 16.9. The molecule has 1 aliphatic heterocycles. The quantitative estimate of drug-likeness (QED) is 0.781. The SMILES string of the molecule is N#Cc1ccc(C(=O)N2CC(=O)N(O)C2c2cccc(Br)c2)cc1F. The fourth-order valence-corrected chi connectivity index (χ4v) is 3.07. The van der Waals surface area contributed by atoms with Gasteiger partial charge in [0.05, 0.1) is 5.56 Å². The van der Waals surface area contributed by atoms with Gasteiger partial charge in [0.2, 0.25) is 0 Å². The molecule has 3 rings (SSSR count). The predicted octanol–water partition coefficient (Wildman–Crippen LogP) is 2.83. The lowest BCUT2D eigenvalue weighted by Crippen LogP contribution is -2.34. The summed E-state index contributed by atoms with van der Waals surface area (Å²) < 4.78 is 14.5. The third-order valence-corrected chi connectivity index (χ3v) is 4.33. The Balaban J connectivity index is 1.99. The average Bonchev–Trinajstić information content (AvgIpc) is 2.89. The van der Waals surface area contributed by atoms with Crippen molar-refractivity contribution in [2.75, 3.05) is 6.54 Å². The summed E-state index contributed by atoms with van der Waals surface area (Å²) >= 11 is 3.30. The fraction of sp³-hybridized carbons (Fsp3) is 0.118. The van der Waals surface area contributed by atoms with Crippen molar-refractivity contribution in [2.45, 2.75) is 6.17 Å². The largest absolute Gasteiger partial charge is 0.302 e. The molecule has 2 aromatic carbocycles. The van der Waals surface area contributed by atoms with Crippen molar-refractivity contribution in [1.82, 2.24) is 9.96 Å². The van der Waals surface area contributed by atoms with Crippen LogP contribution < -0.4 is 0 Å². The van der Waals surface area contributed by atoms with E-state index in [0.717, 1.165) is 15.4 Å². The number of carbonyl (C=O) groups excluding carboxylic acids is 2. The molecule has 8 heteroatoms. The molecule has 0 spiro atoms. The Morgan fingerprint density at radius 2 is 2.08 bits per heavy atom. The molecule has 0 radical (unpaired) electrons. The Morgan fingerprint density at radius 3 is 2.72 bits per heavy atom. The zero-order valence-electron chi connectivity index (χ0n) is 12.7. The Bertz CT molecular complexity index is 912. The molecule has 1 N–H and O–H groups in total. The van der Waals surface area contributed by atoms with Gasteiger partial charge in [-0.15, -0.1) is 0 Å².